The van der Waals surface area contributed by atoms with Gasteiger partial charge in [0.15, 0.2) is 5.75 Å². The zero-order chi connectivity index (χ0) is 13.1. The normalized spacial score (nSPS) is 10.3. The number of hydrogen-bond acceptors (Lipinski definition) is 2. The molecule has 1 heterocycles. The average Bonchev–Trinajstić information content (AvgIpc) is 2.33. The summed E-state index contributed by atoms with van der Waals surface area (Å²) in [5.41, 5.74) is 1.86. The highest BCUT2D eigenvalue weighted by Crippen LogP contribution is 2.26. The van der Waals surface area contributed by atoms with Gasteiger partial charge in [0.1, 0.15) is 0 Å². The lowest BCUT2D eigenvalue weighted by Gasteiger charge is -2.08. The van der Waals surface area contributed by atoms with Gasteiger partial charge in [-0.3, -0.25) is 10.1 Å². The van der Waals surface area contributed by atoms with Crippen LogP contribution >= 0.6 is 0 Å². The van der Waals surface area contributed by atoms with Crippen molar-refractivity contribution in [2.75, 3.05) is 0 Å². The van der Waals surface area contributed by atoms with Crippen molar-refractivity contribution in [1.82, 2.24) is 4.98 Å². The first-order chi connectivity index (χ1) is 8.58. The maximum atomic E-state index is 11.9. The lowest BCUT2D eigenvalue weighted by Crippen LogP contribution is -2.04. The molecule has 0 amide bonds. The fraction of sp³-hybridized carbons (Fsp3) is 0.143. The second-order valence-electron chi connectivity index (χ2n) is 4.13. The largest absolute Gasteiger partial charge is 0.478 e. The lowest BCUT2D eigenvalue weighted by atomic mass is 9.97. The van der Waals surface area contributed by atoms with E-state index >= 15 is 0 Å². The summed E-state index contributed by atoms with van der Waals surface area (Å²) in [7, 11) is 0. The molecule has 0 atom stereocenters. The monoisotopic (exact) mass is 242 g/mol. The van der Waals surface area contributed by atoms with Crippen LogP contribution in [0.25, 0.3) is 0 Å². The van der Waals surface area contributed by atoms with Crippen LogP contribution in [0.4, 0.5) is 0 Å². The lowest BCUT2D eigenvalue weighted by molar-refractivity contribution is 0.0695. The number of nitrogens with zero attached hydrogens (tertiary/aromatic N) is 1. The van der Waals surface area contributed by atoms with Gasteiger partial charge >= 0.3 is 5.97 Å². The molecule has 4 nitrogen and oxygen atoms in total. The third kappa shape index (κ3) is 2.48. The molecule has 0 saturated heterocycles. The Hall–Kier alpha value is -2.36. The molecule has 91 valence electrons. The Bertz CT molecular complexity index is 579. The molecule has 0 unspecified atom stereocenters. The van der Waals surface area contributed by atoms with Crippen molar-refractivity contribution < 1.29 is 15.0 Å². The van der Waals surface area contributed by atoms with E-state index in [2.05, 4.69) is 4.98 Å². The highest BCUT2D eigenvalue weighted by atomic mass is 16.4. The standard InChI is InChI=1S/C14H12NO3/c1-9-5-12(14(17)18)11(13(16)6-9)7-10-3-2-4-15-8-10/h2-6,8H,7H2,1H3,(H,17,18). The van der Waals surface area contributed by atoms with Crippen molar-refractivity contribution in [3.63, 3.8) is 0 Å². The summed E-state index contributed by atoms with van der Waals surface area (Å²) in [6.07, 6.45) is 3.55. The maximum absolute atomic E-state index is 11.9. The van der Waals surface area contributed by atoms with Crippen LogP contribution in [0.1, 0.15) is 27.0 Å². The van der Waals surface area contributed by atoms with Gasteiger partial charge in [-0.15, -0.1) is 0 Å². The Morgan fingerprint density at radius 2 is 2.17 bits per heavy atom. The van der Waals surface area contributed by atoms with Crippen molar-refractivity contribution >= 4 is 5.97 Å². The van der Waals surface area contributed by atoms with E-state index in [9.17, 15) is 9.90 Å². The van der Waals surface area contributed by atoms with Gasteiger partial charge in [0, 0.05) is 24.4 Å². The molecule has 0 fully saturated rings. The molecular formula is C14H12NO3. The Kier molecular flexibility index (Phi) is 3.28. The first kappa shape index (κ1) is 12.1. The molecule has 18 heavy (non-hydrogen) atoms. The topological polar surface area (TPSA) is 70.1 Å². The third-order valence-electron chi connectivity index (χ3n) is 2.69. The van der Waals surface area contributed by atoms with Crippen molar-refractivity contribution in [2.45, 2.75) is 13.3 Å². The van der Waals surface area contributed by atoms with Gasteiger partial charge < -0.3 is 5.11 Å². The number of hydrogen-bond donors (Lipinski definition) is 1. The molecule has 1 N–H and O–H groups in total. The van der Waals surface area contributed by atoms with Crippen molar-refractivity contribution in [1.29, 1.82) is 0 Å². The minimum Gasteiger partial charge on any atom is -0.478 e. The smallest absolute Gasteiger partial charge is 0.336 e. The summed E-state index contributed by atoms with van der Waals surface area (Å²) in [4.78, 5) is 15.1. The molecule has 4 heteroatoms. The van der Waals surface area contributed by atoms with Gasteiger partial charge in [0.25, 0.3) is 0 Å². The number of benzene rings is 1. The molecule has 0 spiro atoms. The SMILES string of the molecule is Cc1cc([O])c(Cc2cccnc2)c(C(=O)O)c1. The van der Waals surface area contributed by atoms with E-state index in [0.717, 1.165) is 5.56 Å². The second kappa shape index (κ2) is 4.87. The molecule has 1 aromatic carbocycles. The number of carboxylic acids is 1. The fourth-order valence-electron chi connectivity index (χ4n) is 1.86. The molecule has 1 aromatic heterocycles. The van der Waals surface area contributed by atoms with Crippen LogP contribution in [0, 0.1) is 6.92 Å². The quantitative estimate of drug-likeness (QED) is 0.899. The number of aryl methyl sites for hydroxylation is 1. The Labute approximate surface area is 105 Å². The fourth-order valence-corrected chi connectivity index (χ4v) is 1.86. The maximum Gasteiger partial charge on any atom is 0.336 e. The van der Waals surface area contributed by atoms with Gasteiger partial charge in [-0.05, 0) is 36.2 Å². The summed E-state index contributed by atoms with van der Waals surface area (Å²) >= 11 is 0. The van der Waals surface area contributed by atoms with Crippen LogP contribution in [0.5, 0.6) is 5.75 Å². The molecule has 0 aliphatic heterocycles. The number of rotatable bonds is 3. The summed E-state index contributed by atoms with van der Waals surface area (Å²) in [5, 5.41) is 21.0. The summed E-state index contributed by atoms with van der Waals surface area (Å²) < 4.78 is 0. The van der Waals surface area contributed by atoms with Crippen LogP contribution in [0.15, 0.2) is 36.7 Å². The van der Waals surface area contributed by atoms with E-state index in [1.165, 1.54) is 12.1 Å². The van der Waals surface area contributed by atoms with Crippen molar-refractivity contribution in [3.05, 3.63) is 58.9 Å². The van der Waals surface area contributed by atoms with Gasteiger partial charge in [0.05, 0.1) is 5.56 Å². The molecule has 0 saturated carbocycles. The van der Waals surface area contributed by atoms with Crippen LogP contribution in [-0.4, -0.2) is 16.1 Å². The van der Waals surface area contributed by atoms with Gasteiger partial charge in [0.2, 0.25) is 0 Å². The van der Waals surface area contributed by atoms with Gasteiger partial charge in [-0.1, -0.05) is 6.07 Å². The van der Waals surface area contributed by atoms with E-state index in [4.69, 9.17) is 5.11 Å². The highest BCUT2D eigenvalue weighted by Gasteiger charge is 2.16. The average molecular weight is 242 g/mol. The van der Waals surface area contributed by atoms with Crippen LogP contribution in [0.2, 0.25) is 0 Å². The highest BCUT2D eigenvalue weighted by molar-refractivity contribution is 5.90. The van der Waals surface area contributed by atoms with E-state index < -0.39 is 5.97 Å². The first-order valence-corrected chi connectivity index (χ1v) is 5.50. The van der Waals surface area contributed by atoms with Crippen molar-refractivity contribution in [2.24, 2.45) is 0 Å². The Balaban J connectivity index is 2.47. The van der Waals surface area contributed by atoms with E-state index in [1.54, 1.807) is 25.4 Å². The summed E-state index contributed by atoms with van der Waals surface area (Å²) in [5.74, 6) is -1.31. The zero-order valence-electron chi connectivity index (χ0n) is 9.88. The van der Waals surface area contributed by atoms with Crippen LogP contribution in [-0.2, 0) is 11.5 Å². The van der Waals surface area contributed by atoms with Gasteiger partial charge in [-0.2, -0.15) is 0 Å². The Morgan fingerprint density at radius 1 is 1.39 bits per heavy atom. The van der Waals surface area contributed by atoms with Gasteiger partial charge in [-0.25, -0.2) is 4.79 Å². The predicted molar refractivity (Wildman–Crippen MR) is 65.3 cm³/mol. The molecule has 0 bridgehead atoms. The molecule has 0 aliphatic rings. The summed E-state index contributed by atoms with van der Waals surface area (Å²) in [6, 6.07) is 6.56. The number of carboxylic acid groups (broad SMARTS) is 1. The summed E-state index contributed by atoms with van der Waals surface area (Å²) in [6.45, 7) is 1.71. The van der Waals surface area contributed by atoms with E-state index in [-0.39, 0.29) is 17.7 Å². The van der Waals surface area contributed by atoms with Crippen LogP contribution in [0.3, 0.4) is 0 Å². The molecule has 2 rings (SSSR count). The number of carbonyl (C=O) groups is 1. The van der Waals surface area contributed by atoms with Crippen molar-refractivity contribution in [3.8, 4) is 5.75 Å². The molecule has 0 aliphatic carbocycles. The number of pyridine rings is 1. The molecule has 1 radical (unpaired) electrons. The zero-order valence-corrected chi connectivity index (χ0v) is 9.88. The minimum absolute atomic E-state index is 0.0730. The van der Waals surface area contributed by atoms with E-state index in [0.29, 0.717) is 11.1 Å². The van der Waals surface area contributed by atoms with E-state index in [1.807, 2.05) is 6.07 Å². The molecular weight excluding hydrogens is 230 g/mol. The number of aromatic carboxylic acids is 1. The second-order valence-corrected chi connectivity index (χ2v) is 4.13. The first-order valence-electron chi connectivity index (χ1n) is 5.50. The molecule has 2 aromatic rings. The minimum atomic E-state index is -1.07. The van der Waals surface area contributed by atoms with Crippen LogP contribution < -0.4 is 0 Å². The number of aromatic nitrogens is 1. The predicted octanol–water partition coefficient (Wildman–Crippen LogP) is 2.82. The Morgan fingerprint density at radius 3 is 2.78 bits per heavy atom. The third-order valence-corrected chi connectivity index (χ3v) is 2.69.